The number of thioether (sulfide) groups is 1. The second-order valence-electron chi connectivity index (χ2n) is 6.79. The zero-order chi connectivity index (χ0) is 19.4. The van der Waals surface area contributed by atoms with Gasteiger partial charge in [-0.05, 0) is 39.0 Å². The van der Waals surface area contributed by atoms with Crippen molar-refractivity contribution in [3.05, 3.63) is 54.1 Å². The average molecular weight is 385 g/mol. The third kappa shape index (κ3) is 3.95. The number of anilines is 2. The zero-order valence-corrected chi connectivity index (χ0v) is 16.6. The maximum atomic E-state index is 13.0. The van der Waals surface area contributed by atoms with E-state index < -0.39 is 5.54 Å². The molecule has 5 nitrogen and oxygen atoms in total. The van der Waals surface area contributed by atoms with E-state index in [2.05, 4.69) is 5.32 Å². The Morgan fingerprint density at radius 2 is 1.85 bits per heavy atom. The Hall–Kier alpha value is -2.47. The monoisotopic (exact) mass is 384 g/mol. The van der Waals surface area contributed by atoms with Gasteiger partial charge in [-0.15, -0.1) is 11.8 Å². The molecule has 1 aliphatic heterocycles. The summed E-state index contributed by atoms with van der Waals surface area (Å²) >= 11 is 1.52. The highest BCUT2D eigenvalue weighted by Crippen LogP contribution is 2.37. The van der Waals surface area contributed by atoms with Crippen LogP contribution in [0.4, 0.5) is 11.4 Å². The molecule has 2 aromatic carbocycles. The average Bonchev–Trinajstić information content (AvgIpc) is 2.64. The summed E-state index contributed by atoms with van der Waals surface area (Å²) in [5, 5.41) is 2.88. The minimum atomic E-state index is -0.935. The van der Waals surface area contributed by atoms with Gasteiger partial charge in [-0.3, -0.25) is 14.5 Å². The molecule has 0 saturated heterocycles. The maximum absolute atomic E-state index is 13.0. The van der Waals surface area contributed by atoms with E-state index >= 15 is 0 Å². The predicted octanol–water partition coefficient (Wildman–Crippen LogP) is 4.08. The highest BCUT2D eigenvalue weighted by Gasteiger charge is 2.43. The largest absolute Gasteiger partial charge is 0.494 e. The van der Waals surface area contributed by atoms with Crippen LogP contribution in [0.2, 0.25) is 0 Å². The highest BCUT2D eigenvalue weighted by molar-refractivity contribution is 7.99. The Bertz CT molecular complexity index is 851. The number of amides is 2. The number of carbonyl (C=O) groups excluding carboxylic acids is 2. The molecule has 0 radical (unpaired) electrons. The SMILES string of the molecule is CCOc1ccccc1CSCC(=O)N1c2ccccc2NC(=O)C1(C)C. The van der Waals surface area contributed by atoms with Gasteiger partial charge >= 0.3 is 0 Å². The number of nitrogens with one attached hydrogen (secondary N) is 1. The van der Waals surface area contributed by atoms with Crippen molar-refractivity contribution in [2.75, 3.05) is 22.6 Å². The van der Waals surface area contributed by atoms with Crippen LogP contribution >= 0.6 is 11.8 Å². The standard InChI is InChI=1S/C21H24N2O3S/c1-4-26-18-12-8-5-9-15(18)13-27-14-19(24)23-17-11-7-6-10-16(17)22-20(25)21(23,2)3/h5-12H,4,13-14H2,1-3H3,(H,22,25). The van der Waals surface area contributed by atoms with Crippen LogP contribution in [0.5, 0.6) is 5.75 Å². The first kappa shape index (κ1) is 19.3. The molecule has 3 rings (SSSR count). The first-order chi connectivity index (χ1) is 12.9. The van der Waals surface area contributed by atoms with Gasteiger partial charge in [0.1, 0.15) is 11.3 Å². The molecule has 1 aliphatic rings. The molecule has 0 fully saturated rings. The van der Waals surface area contributed by atoms with Gasteiger partial charge in [0.25, 0.3) is 0 Å². The van der Waals surface area contributed by atoms with Crippen molar-refractivity contribution < 1.29 is 14.3 Å². The Kier molecular flexibility index (Phi) is 5.75. The summed E-state index contributed by atoms with van der Waals surface area (Å²) in [6.07, 6.45) is 0. The first-order valence-corrected chi connectivity index (χ1v) is 10.1. The molecule has 0 saturated carbocycles. The van der Waals surface area contributed by atoms with Crippen molar-refractivity contribution in [1.82, 2.24) is 0 Å². The van der Waals surface area contributed by atoms with E-state index in [0.29, 0.717) is 18.0 Å². The zero-order valence-electron chi connectivity index (χ0n) is 15.8. The summed E-state index contributed by atoms with van der Waals surface area (Å²) in [6, 6.07) is 15.3. The number of hydrogen-bond acceptors (Lipinski definition) is 4. The second-order valence-corrected chi connectivity index (χ2v) is 7.78. The molecule has 1 heterocycles. The normalized spacial score (nSPS) is 15.1. The summed E-state index contributed by atoms with van der Waals surface area (Å²) in [7, 11) is 0. The van der Waals surface area contributed by atoms with Crippen LogP contribution in [0.1, 0.15) is 26.3 Å². The summed E-state index contributed by atoms with van der Waals surface area (Å²) in [5.41, 5.74) is 1.53. The van der Waals surface area contributed by atoms with Crippen LogP contribution in [-0.2, 0) is 15.3 Å². The van der Waals surface area contributed by atoms with Crippen molar-refractivity contribution >= 4 is 35.0 Å². The molecular weight excluding hydrogens is 360 g/mol. The summed E-state index contributed by atoms with van der Waals surface area (Å²) < 4.78 is 5.64. The maximum Gasteiger partial charge on any atom is 0.250 e. The predicted molar refractivity (Wildman–Crippen MR) is 110 cm³/mol. The van der Waals surface area contributed by atoms with Crippen molar-refractivity contribution in [2.45, 2.75) is 32.1 Å². The molecule has 0 aliphatic carbocycles. The number of rotatable bonds is 6. The van der Waals surface area contributed by atoms with Gasteiger partial charge in [0, 0.05) is 11.3 Å². The van der Waals surface area contributed by atoms with E-state index in [0.717, 1.165) is 17.0 Å². The number of hydrogen-bond donors (Lipinski definition) is 1. The smallest absolute Gasteiger partial charge is 0.250 e. The van der Waals surface area contributed by atoms with Crippen LogP contribution in [-0.4, -0.2) is 29.7 Å². The van der Waals surface area contributed by atoms with E-state index in [-0.39, 0.29) is 17.6 Å². The van der Waals surface area contributed by atoms with E-state index in [9.17, 15) is 9.59 Å². The Labute approximate surface area is 164 Å². The third-order valence-electron chi connectivity index (χ3n) is 4.51. The van der Waals surface area contributed by atoms with Gasteiger partial charge in [-0.2, -0.15) is 0 Å². The van der Waals surface area contributed by atoms with Gasteiger partial charge in [0.15, 0.2) is 0 Å². The van der Waals surface area contributed by atoms with E-state index in [4.69, 9.17) is 4.74 Å². The molecule has 2 amide bonds. The molecule has 0 bridgehead atoms. The fraction of sp³-hybridized carbons (Fsp3) is 0.333. The molecular formula is C21H24N2O3S. The Morgan fingerprint density at radius 3 is 2.63 bits per heavy atom. The van der Waals surface area contributed by atoms with Crippen LogP contribution in [0.25, 0.3) is 0 Å². The molecule has 27 heavy (non-hydrogen) atoms. The van der Waals surface area contributed by atoms with E-state index in [1.54, 1.807) is 18.7 Å². The van der Waals surface area contributed by atoms with Crippen LogP contribution in [0.15, 0.2) is 48.5 Å². The number of nitrogens with zero attached hydrogens (tertiary/aromatic N) is 1. The molecule has 0 unspecified atom stereocenters. The molecule has 0 aromatic heterocycles. The van der Waals surface area contributed by atoms with Crippen molar-refractivity contribution in [1.29, 1.82) is 0 Å². The lowest BCUT2D eigenvalue weighted by Gasteiger charge is -2.42. The number of ether oxygens (including phenoxy) is 1. The molecule has 1 N–H and O–H groups in total. The fourth-order valence-corrected chi connectivity index (χ4v) is 3.99. The van der Waals surface area contributed by atoms with Gasteiger partial charge in [0.2, 0.25) is 11.8 Å². The topological polar surface area (TPSA) is 58.6 Å². The lowest BCUT2D eigenvalue weighted by Crippen LogP contribution is -2.58. The van der Waals surface area contributed by atoms with Crippen LogP contribution in [0.3, 0.4) is 0 Å². The van der Waals surface area contributed by atoms with Gasteiger partial charge in [-0.25, -0.2) is 0 Å². The fourth-order valence-electron chi connectivity index (χ4n) is 3.13. The summed E-state index contributed by atoms with van der Waals surface area (Å²) in [4.78, 5) is 27.1. The van der Waals surface area contributed by atoms with Crippen LogP contribution < -0.4 is 15.0 Å². The second kappa shape index (κ2) is 8.05. The minimum absolute atomic E-state index is 0.0822. The van der Waals surface area contributed by atoms with Gasteiger partial charge < -0.3 is 10.1 Å². The van der Waals surface area contributed by atoms with Crippen molar-refractivity contribution in [2.24, 2.45) is 0 Å². The third-order valence-corrected chi connectivity index (χ3v) is 5.48. The summed E-state index contributed by atoms with van der Waals surface area (Å²) in [5.74, 6) is 1.54. The van der Waals surface area contributed by atoms with Gasteiger partial charge in [0.05, 0.1) is 23.7 Å². The molecule has 142 valence electrons. The Morgan fingerprint density at radius 1 is 1.15 bits per heavy atom. The molecule has 0 atom stereocenters. The lowest BCUT2D eigenvalue weighted by atomic mass is 9.96. The first-order valence-electron chi connectivity index (χ1n) is 8.97. The van der Waals surface area contributed by atoms with Crippen molar-refractivity contribution in [3.8, 4) is 5.75 Å². The van der Waals surface area contributed by atoms with E-state index in [1.807, 2.05) is 55.5 Å². The minimum Gasteiger partial charge on any atom is -0.494 e. The number of carbonyl (C=O) groups is 2. The Balaban J connectivity index is 1.73. The van der Waals surface area contributed by atoms with Gasteiger partial charge in [-0.1, -0.05) is 30.3 Å². The lowest BCUT2D eigenvalue weighted by molar-refractivity contribution is -0.125. The summed E-state index contributed by atoms with van der Waals surface area (Å²) in [6.45, 7) is 6.10. The highest BCUT2D eigenvalue weighted by atomic mass is 32.2. The molecule has 6 heteroatoms. The number of fused-ring (bicyclic) bond motifs is 1. The quantitative estimate of drug-likeness (QED) is 0.815. The van der Waals surface area contributed by atoms with E-state index in [1.165, 1.54) is 11.8 Å². The molecule has 0 spiro atoms. The van der Waals surface area contributed by atoms with Crippen molar-refractivity contribution in [3.63, 3.8) is 0 Å². The molecule has 2 aromatic rings. The number of benzene rings is 2. The number of para-hydroxylation sites is 3. The van der Waals surface area contributed by atoms with Crippen LogP contribution in [0, 0.1) is 0 Å².